The number of benzene rings is 2. The number of phenolic OH excluding ortho intramolecular Hbond substituents is 1. The summed E-state index contributed by atoms with van der Waals surface area (Å²) in [4.78, 5) is 25.5. The topological polar surface area (TPSA) is 132 Å². The molecule has 12 heteroatoms. The Kier molecular flexibility index (Phi) is 5.92. The van der Waals surface area contributed by atoms with Crippen molar-refractivity contribution in [2.24, 2.45) is 22.4 Å². The van der Waals surface area contributed by atoms with Gasteiger partial charge in [0.05, 0.1) is 28.6 Å². The van der Waals surface area contributed by atoms with Crippen LogP contribution in [0.1, 0.15) is 68.5 Å². The van der Waals surface area contributed by atoms with Gasteiger partial charge in [-0.2, -0.15) is 9.78 Å². The Labute approximate surface area is 255 Å². The van der Waals surface area contributed by atoms with E-state index in [1.54, 1.807) is 23.3 Å². The van der Waals surface area contributed by atoms with Crippen LogP contribution in [-0.4, -0.2) is 43.2 Å². The van der Waals surface area contributed by atoms with Crippen LogP contribution in [-0.2, 0) is 10.3 Å². The van der Waals surface area contributed by atoms with Crippen molar-refractivity contribution < 1.29 is 24.3 Å². The average Bonchev–Trinajstić information content (AvgIpc) is 3.70. The molecule has 0 unspecified atom stereocenters. The molecule has 1 amide bonds. The van der Waals surface area contributed by atoms with Crippen molar-refractivity contribution in [3.63, 3.8) is 0 Å². The van der Waals surface area contributed by atoms with Gasteiger partial charge < -0.3 is 24.7 Å². The van der Waals surface area contributed by atoms with Gasteiger partial charge in [0.1, 0.15) is 10.2 Å². The number of halogens is 1. The molecule has 9 rings (SSSR count). The Hall–Kier alpha value is -3.93. The van der Waals surface area contributed by atoms with E-state index in [9.17, 15) is 20.0 Å². The summed E-state index contributed by atoms with van der Waals surface area (Å²) < 4.78 is 13.3. The largest absolute Gasteiger partial charge is 0.508 e. The number of carbonyl (C=O) groups excluding carboxylic acids is 1. The number of carbonyl (C=O) groups is 1. The first kappa shape index (κ1) is 26.7. The van der Waals surface area contributed by atoms with Gasteiger partial charge in [0.2, 0.25) is 12.7 Å². The van der Waals surface area contributed by atoms with E-state index in [2.05, 4.69) is 21.0 Å². The summed E-state index contributed by atoms with van der Waals surface area (Å²) >= 11 is 3.34. The maximum atomic E-state index is 14.4. The Bertz CT molecular complexity index is 1690. The van der Waals surface area contributed by atoms with Gasteiger partial charge >= 0.3 is 5.82 Å². The number of rotatable bonds is 6. The Balaban J connectivity index is 1.12. The predicted molar refractivity (Wildman–Crippen MR) is 158 cm³/mol. The smallest absolute Gasteiger partial charge is 0.404 e. The lowest BCUT2D eigenvalue weighted by molar-refractivity contribution is -0.390. The Morgan fingerprint density at radius 2 is 1.88 bits per heavy atom. The average molecular weight is 649 g/mol. The van der Waals surface area contributed by atoms with E-state index in [1.165, 1.54) is 0 Å². The maximum Gasteiger partial charge on any atom is 0.404 e. The molecule has 11 nitrogen and oxygen atoms in total. The molecule has 3 heterocycles. The van der Waals surface area contributed by atoms with Crippen molar-refractivity contribution in [3.8, 4) is 17.2 Å². The van der Waals surface area contributed by atoms with Crippen LogP contribution in [0.3, 0.4) is 0 Å². The molecule has 0 saturated heterocycles. The zero-order chi connectivity index (χ0) is 29.5. The fourth-order valence-corrected chi connectivity index (χ4v) is 9.41. The number of hydrazone groups is 1. The number of aromatic nitrogens is 2. The van der Waals surface area contributed by atoms with Crippen LogP contribution in [0.5, 0.6) is 17.2 Å². The molecule has 3 atom stereocenters. The van der Waals surface area contributed by atoms with E-state index in [4.69, 9.17) is 14.6 Å². The van der Waals surface area contributed by atoms with Gasteiger partial charge in [-0.05, 0) is 101 Å². The minimum atomic E-state index is -0.456. The molecule has 222 valence electrons. The van der Waals surface area contributed by atoms with Crippen LogP contribution in [0.25, 0.3) is 0 Å². The lowest BCUT2D eigenvalue weighted by atomic mass is 9.46. The molecule has 2 aromatic carbocycles. The highest BCUT2D eigenvalue weighted by atomic mass is 79.9. The van der Waals surface area contributed by atoms with Crippen LogP contribution < -0.4 is 9.47 Å². The van der Waals surface area contributed by atoms with Crippen molar-refractivity contribution in [2.75, 3.05) is 6.79 Å². The number of para-hydroxylation sites is 1. The van der Waals surface area contributed by atoms with Crippen LogP contribution in [0.2, 0.25) is 0 Å². The molecular weight excluding hydrogens is 618 g/mol. The first-order valence-corrected chi connectivity index (χ1v) is 15.5. The van der Waals surface area contributed by atoms with Crippen LogP contribution >= 0.6 is 15.9 Å². The number of fused-ring (bicyclic) bond motifs is 1. The molecule has 6 aliphatic rings. The van der Waals surface area contributed by atoms with Crippen LogP contribution in [0, 0.1) is 27.4 Å². The second kappa shape index (κ2) is 9.54. The van der Waals surface area contributed by atoms with E-state index in [0.29, 0.717) is 46.2 Å². The lowest BCUT2D eigenvalue weighted by Gasteiger charge is -2.61. The molecule has 4 saturated carbocycles. The molecule has 1 aromatic heterocycles. The molecule has 0 radical (unpaired) electrons. The van der Waals surface area contributed by atoms with Crippen molar-refractivity contribution in [1.29, 1.82) is 0 Å². The predicted octanol–water partition coefficient (Wildman–Crippen LogP) is 6.05. The summed E-state index contributed by atoms with van der Waals surface area (Å²) in [6.45, 7) is 0.171. The fourth-order valence-electron chi connectivity index (χ4n) is 8.99. The van der Waals surface area contributed by atoms with E-state index in [1.807, 2.05) is 35.0 Å². The molecule has 4 fully saturated rings. The number of ether oxygens (including phenoxy) is 2. The monoisotopic (exact) mass is 647 g/mol. The summed E-state index contributed by atoms with van der Waals surface area (Å²) in [5, 5.41) is 33.3. The summed E-state index contributed by atoms with van der Waals surface area (Å²) in [6.07, 6.45) is 8.14. The van der Waals surface area contributed by atoms with Crippen molar-refractivity contribution >= 4 is 33.4 Å². The molecule has 2 aliphatic heterocycles. The van der Waals surface area contributed by atoms with Crippen LogP contribution in [0.15, 0.2) is 58.2 Å². The molecule has 43 heavy (non-hydrogen) atoms. The second-order valence-electron chi connectivity index (χ2n) is 13.0. The fraction of sp³-hybridized carbons (Fsp3) is 0.452. The Morgan fingerprint density at radius 3 is 2.63 bits per heavy atom. The number of aromatic hydroxyl groups is 1. The van der Waals surface area contributed by atoms with Gasteiger partial charge in [0, 0.05) is 24.0 Å². The van der Waals surface area contributed by atoms with Gasteiger partial charge in [-0.25, -0.2) is 5.01 Å². The molecule has 1 N–H and O–H groups in total. The highest BCUT2D eigenvalue weighted by molar-refractivity contribution is 9.10. The normalized spacial score (nSPS) is 30.1. The van der Waals surface area contributed by atoms with E-state index in [-0.39, 0.29) is 35.2 Å². The van der Waals surface area contributed by atoms with Crippen LogP contribution in [0.4, 0.5) is 5.82 Å². The van der Waals surface area contributed by atoms with Gasteiger partial charge in [0.15, 0.2) is 11.5 Å². The zero-order valence-electron chi connectivity index (χ0n) is 23.3. The maximum absolute atomic E-state index is 14.4. The number of hydrogen-bond acceptors (Lipinski definition) is 8. The lowest BCUT2D eigenvalue weighted by Crippen LogP contribution is -2.57. The second-order valence-corrected chi connectivity index (χ2v) is 13.9. The van der Waals surface area contributed by atoms with Crippen molar-refractivity contribution in [2.45, 2.75) is 62.9 Å². The number of amides is 1. The minimum Gasteiger partial charge on any atom is -0.508 e. The molecule has 3 aromatic rings. The summed E-state index contributed by atoms with van der Waals surface area (Å²) in [5.41, 5.74) is 1.67. The highest BCUT2D eigenvalue weighted by Gasteiger charge is 2.61. The first-order chi connectivity index (χ1) is 20.7. The summed E-state index contributed by atoms with van der Waals surface area (Å²) in [7, 11) is 0. The van der Waals surface area contributed by atoms with E-state index < -0.39 is 11.0 Å². The van der Waals surface area contributed by atoms with E-state index in [0.717, 1.165) is 49.8 Å². The number of nitrogens with zero attached hydrogens (tertiary/aromatic N) is 5. The van der Waals surface area contributed by atoms with Crippen molar-refractivity contribution in [3.05, 3.63) is 74.4 Å². The summed E-state index contributed by atoms with van der Waals surface area (Å²) in [6, 6.07) is 12.3. The third-order valence-electron chi connectivity index (χ3n) is 10.2. The van der Waals surface area contributed by atoms with Gasteiger partial charge in [-0.3, -0.25) is 4.79 Å². The summed E-state index contributed by atoms with van der Waals surface area (Å²) in [5.74, 6) is 2.09. The molecular formula is C31H30BrN5O6. The van der Waals surface area contributed by atoms with Gasteiger partial charge in [-0.15, -0.1) is 0 Å². The minimum absolute atomic E-state index is 0.0753. The first-order valence-electron chi connectivity index (χ1n) is 14.7. The van der Waals surface area contributed by atoms with Gasteiger partial charge in [0.25, 0.3) is 0 Å². The quantitative estimate of drug-likeness (QED) is 0.254. The number of nitro groups is 1. The van der Waals surface area contributed by atoms with Gasteiger partial charge in [-0.1, -0.05) is 18.2 Å². The Morgan fingerprint density at radius 1 is 1.12 bits per heavy atom. The number of phenols is 1. The SMILES string of the molecule is O=C(CC12C[C@@H]3C[C@@H](C1)CC(n1cc(Br)c([N+](=O)[O-])n1)(C3)C2)N1N=C(c2ccc3c(c2)OCO3)C[C@@H]1c1ccccc1O. The molecule has 4 aliphatic carbocycles. The number of hydrogen-bond donors (Lipinski definition) is 1. The molecule has 0 spiro atoms. The molecule has 4 bridgehead atoms. The standard InChI is InChI=1S/C31H30BrN5O6/c32-22-15-35(34-29(22)37(40)41)31-12-18-7-19(13-31)11-30(10-18,16-31)14-28(39)36-24(21-3-1-2-4-25(21)38)9-23(33-36)20-5-6-26-27(8-20)43-17-42-26/h1-6,8,15,18-19,24,38H,7,9-14,16-17H2/t18-,19-,24+,30?,31?/m0/s1. The zero-order valence-corrected chi connectivity index (χ0v) is 24.9. The van der Waals surface area contributed by atoms with E-state index >= 15 is 0 Å². The highest BCUT2D eigenvalue weighted by Crippen LogP contribution is 2.65. The third-order valence-corrected chi connectivity index (χ3v) is 10.7. The van der Waals surface area contributed by atoms with Crippen molar-refractivity contribution in [1.82, 2.24) is 14.8 Å². The third kappa shape index (κ3) is 4.32.